The first-order valence-electron chi connectivity index (χ1n) is 8.87. The van der Waals surface area contributed by atoms with Crippen LogP contribution < -0.4 is 15.8 Å². The van der Waals surface area contributed by atoms with Crippen molar-refractivity contribution in [2.24, 2.45) is 16.6 Å². The number of methoxy groups -OCH3 is 1. The molecule has 8 nitrogen and oxygen atoms in total. The molecule has 0 fully saturated rings. The van der Waals surface area contributed by atoms with Gasteiger partial charge >= 0.3 is 0 Å². The lowest BCUT2D eigenvalue weighted by molar-refractivity contribution is 0.102. The van der Waals surface area contributed by atoms with Crippen molar-refractivity contribution in [3.05, 3.63) is 65.6 Å². The number of carbonyl (C=O) groups is 1. The van der Waals surface area contributed by atoms with Crippen LogP contribution in [-0.2, 0) is 15.0 Å². The first-order chi connectivity index (χ1) is 13.9. The van der Waals surface area contributed by atoms with Gasteiger partial charge in [-0.1, -0.05) is 0 Å². The first kappa shape index (κ1) is 18.7. The normalized spacial score (nSPS) is 22.5. The highest BCUT2D eigenvalue weighted by molar-refractivity contribution is 6.02. The number of pyridine rings is 1. The van der Waals surface area contributed by atoms with E-state index in [0.29, 0.717) is 17.2 Å². The van der Waals surface area contributed by atoms with Gasteiger partial charge in [-0.3, -0.25) is 4.79 Å². The summed E-state index contributed by atoms with van der Waals surface area (Å²) < 4.78 is 30.5. The lowest BCUT2D eigenvalue weighted by atomic mass is 9.79. The molecule has 3 N–H and O–H groups in total. The lowest BCUT2D eigenvalue weighted by Crippen LogP contribution is -2.41. The summed E-state index contributed by atoms with van der Waals surface area (Å²) in [5, 5.41) is 2.72. The number of aliphatic imine (C=N–C) groups is 1. The summed E-state index contributed by atoms with van der Waals surface area (Å²) in [5.41, 5.74) is 5.61. The van der Waals surface area contributed by atoms with E-state index >= 15 is 0 Å². The van der Waals surface area contributed by atoms with Gasteiger partial charge in [-0.2, -0.15) is 0 Å². The molecular formula is C20H19FN4O4. The van der Waals surface area contributed by atoms with Gasteiger partial charge < -0.3 is 25.3 Å². The number of halogens is 1. The van der Waals surface area contributed by atoms with Crippen molar-refractivity contribution in [3.8, 4) is 5.75 Å². The highest BCUT2D eigenvalue weighted by atomic mass is 19.1. The topological polar surface area (TPSA) is 108 Å². The van der Waals surface area contributed by atoms with Crippen molar-refractivity contribution in [2.45, 2.75) is 12.5 Å². The molecule has 0 saturated carbocycles. The minimum atomic E-state index is -1.05. The number of carbonyl (C=O) groups excluding carboxylic acids is 1. The van der Waals surface area contributed by atoms with Gasteiger partial charge in [0.1, 0.15) is 35.7 Å². The number of benzene rings is 1. The third kappa shape index (κ3) is 3.35. The van der Waals surface area contributed by atoms with Crippen LogP contribution in [0.3, 0.4) is 0 Å². The summed E-state index contributed by atoms with van der Waals surface area (Å²) in [4.78, 5) is 20.9. The predicted molar refractivity (Wildman–Crippen MR) is 103 cm³/mol. The fourth-order valence-corrected chi connectivity index (χ4v) is 3.44. The fraction of sp³-hybridized carbons (Fsp3) is 0.250. The maximum atomic E-state index is 14.8. The Bertz CT molecular complexity index is 1020. The van der Waals surface area contributed by atoms with Crippen LogP contribution in [0.15, 0.2) is 53.5 Å². The highest BCUT2D eigenvalue weighted by Crippen LogP contribution is 2.45. The molecule has 2 aromatic rings. The lowest BCUT2D eigenvalue weighted by Gasteiger charge is -2.36. The second kappa shape index (κ2) is 7.08. The molecule has 1 amide bonds. The molecule has 1 unspecified atom stereocenters. The molecule has 4 rings (SSSR count). The number of hydrogen-bond donors (Lipinski definition) is 2. The molecule has 3 heterocycles. The third-order valence-electron chi connectivity index (χ3n) is 5.02. The monoisotopic (exact) mass is 398 g/mol. The number of nitrogens with zero attached hydrogens (tertiary/aromatic N) is 2. The van der Waals surface area contributed by atoms with E-state index in [2.05, 4.69) is 15.3 Å². The molecule has 1 aromatic heterocycles. The summed E-state index contributed by atoms with van der Waals surface area (Å²) in [5.74, 6) is -0.209. The van der Waals surface area contributed by atoms with Crippen LogP contribution in [0.1, 0.15) is 23.0 Å². The number of rotatable bonds is 4. The average molecular weight is 398 g/mol. The summed E-state index contributed by atoms with van der Waals surface area (Å²) in [6, 6.07) is 7.38. The van der Waals surface area contributed by atoms with Crippen molar-refractivity contribution in [1.82, 2.24) is 4.98 Å². The summed E-state index contributed by atoms with van der Waals surface area (Å²) in [7, 11) is 1.51. The molecule has 2 aliphatic rings. The molecule has 0 spiro atoms. The predicted octanol–water partition coefficient (Wildman–Crippen LogP) is 2.53. The van der Waals surface area contributed by atoms with E-state index < -0.39 is 17.3 Å². The van der Waals surface area contributed by atoms with E-state index in [4.69, 9.17) is 19.9 Å². The van der Waals surface area contributed by atoms with Gasteiger partial charge in [-0.25, -0.2) is 14.4 Å². The smallest absolute Gasteiger partial charge is 0.288 e. The van der Waals surface area contributed by atoms with Gasteiger partial charge in [0.2, 0.25) is 0 Å². The number of aromatic nitrogens is 1. The van der Waals surface area contributed by atoms with Gasteiger partial charge in [0, 0.05) is 11.3 Å². The van der Waals surface area contributed by atoms with Crippen LogP contribution >= 0.6 is 0 Å². The molecule has 150 valence electrons. The van der Waals surface area contributed by atoms with E-state index in [0.717, 1.165) is 0 Å². The largest absolute Gasteiger partial charge is 0.497 e. The number of ether oxygens (including phenoxy) is 3. The van der Waals surface area contributed by atoms with Crippen molar-refractivity contribution in [1.29, 1.82) is 0 Å². The Labute approximate surface area is 166 Å². The Morgan fingerprint density at radius 1 is 1.38 bits per heavy atom. The second-order valence-corrected chi connectivity index (χ2v) is 6.84. The van der Waals surface area contributed by atoms with Gasteiger partial charge in [0.05, 0.1) is 19.2 Å². The van der Waals surface area contributed by atoms with Crippen LogP contribution in [0, 0.1) is 11.7 Å². The quantitative estimate of drug-likeness (QED) is 0.819. The van der Waals surface area contributed by atoms with E-state index in [9.17, 15) is 9.18 Å². The third-order valence-corrected chi connectivity index (χ3v) is 5.02. The number of nitrogens with two attached hydrogens (primary N) is 1. The Morgan fingerprint density at radius 3 is 2.93 bits per heavy atom. The standard InChI is InChI=1S/C20H19FN4O4/c1-20(14-9-28-10-17(14)29-19(22)25-20)13-7-11(3-5-15(13)21)24-18(26)16-6-4-12(27-2)8-23-16/h3-8,10,14H,9H2,1-2H3,(H2,22,25)(H,24,26)/t14?,20-/m1/s1. The number of amides is 1. The Hall–Kier alpha value is -3.62. The first-order valence-corrected chi connectivity index (χ1v) is 8.87. The molecule has 1 aromatic carbocycles. The molecule has 2 atom stereocenters. The van der Waals surface area contributed by atoms with E-state index in [1.807, 2.05) is 0 Å². The molecule has 0 bridgehead atoms. The maximum Gasteiger partial charge on any atom is 0.288 e. The molecule has 2 aliphatic heterocycles. The fourth-order valence-electron chi connectivity index (χ4n) is 3.44. The Balaban J connectivity index is 1.65. The van der Waals surface area contributed by atoms with Gasteiger partial charge in [0.15, 0.2) is 5.76 Å². The molecule has 0 aliphatic carbocycles. The molecule has 0 saturated heterocycles. The van der Waals surface area contributed by atoms with Crippen molar-refractivity contribution < 1.29 is 23.4 Å². The zero-order valence-corrected chi connectivity index (χ0v) is 15.8. The second-order valence-electron chi connectivity index (χ2n) is 6.84. The van der Waals surface area contributed by atoms with E-state index in [1.165, 1.54) is 43.8 Å². The van der Waals surface area contributed by atoms with E-state index in [-0.39, 0.29) is 29.8 Å². The maximum absolute atomic E-state index is 14.8. The summed E-state index contributed by atoms with van der Waals surface area (Å²) >= 11 is 0. The zero-order valence-electron chi connectivity index (χ0n) is 15.8. The van der Waals surface area contributed by atoms with Crippen molar-refractivity contribution in [2.75, 3.05) is 19.0 Å². The van der Waals surface area contributed by atoms with Crippen LogP contribution in [0.25, 0.3) is 0 Å². The van der Waals surface area contributed by atoms with E-state index in [1.54, 1.807) is 13.0 Å². The molecular weight excluding hydrogens is 379 g/mol. The Morgan fingerprint density at radius 2 is 2.21 bits per heavy atom. The Kier molecular flexibility index (Phi) is 4.57. The average Bonchev–Trinajstić information content (AvgIpc) is 3.18. The van der Waals surface area contributed by atoms with Crippen LogP contribution in [0.4, 0.5) is 10.1 Å². The highest BCUT2D eigenvalue weighted by Gasteiger charge is 2.47. The SMILES string of the molecule is COc1ccc(C(=O)Nc2ccc(F)c([C@@]3(C)N=C(N)OC4=COCC43)c2)nc1. The van der Waals surface area contributed by atoms with Crippen molar-refractivity contribution >= 4 is 17.6 Å². The summed E-state index contributed by atoms with van der Waals surface area (Å²) in [6.45, 7) is 2.04. The minimum absolute atomic E-state index is 0.0724. The number of amidine groups is 1. The van der Waals surface area contributed by atoms with Gasteiger partial charge in [-0.05, 0) is 37.3 Å². The van der Waals surface area contributed by atoms with Gasteiger partial charge in [0.25, 0.3) is 11.9 Å². The molecule has 9 heteroatoms. The number of anilines is 1. The number of nitrogens with one attached hydrogen (secondary N) is 1. The van der Waals surface area contributed by atoms with Crippen LogP contribution in [0.5, 0.6) is 5.75 Å². The molecule has 0 radical (unpaired) electrons. The summed E-state index contributed by atoms with van der Waals surface area (Å²) in [6.07, 6.45) is 2.91. The van der Waals surface area contributed by atoms with Crippen LogP contribution in [-0.4, -0.2) is 30.6 Å². The van der Waals surface area contributed by atoms with Crippen molar-refractivity contribution in [3.63, 3.8) is 0 Å². The zero-order chi connectivity index (χ0) is 20.6. The molecule has 29 heavy (non-hydrogen) atoms. The number of fused-ring (bicyclic) bond motifs is 1. The van der Waals surface area contributed by atoms with Gasteiger partial charge in [-0.15, -0.1) is 0 Å². The number of hydrogen-bond acceptors (Lipinski definition) is 7. The minimum Gasteiger partial charge on any atom is -0.497 e. The van der Waals surface area contributed by atoms with Crippen LogP contribution in [0.2, 0.25) is 0 Å².